The first-order valence-corrected chi connectivity index (χ1v) is 6.86. The van der Waals surface area contributed by atoms with Crippen LogP contribution in [0.1, 0.15) is 16.7 Å². The molecule has 22 heavy (non-hydrogen) atoms. The number of pyridine rings is 2. The first kappa shape index (κ1) is 12.6. The molecule has 1 N–H and O–H groups in total. The third-order valence-electron chi connectivity index (χ3n) is 4.06. The van der Waals surface area contributed by atoms with Crippen LogP contribution in [0.2, 0.25) is 0 Å². The molecule has 5 heteroatoms. The molecule has 0 aliphatic carbocycles. The van der Waals surface area contributed by atoms with Crippen molar-refractivity contribution in [1.82, 2.24) is 9.55 Å². The molecule has 3 heterocycles. The van der Waals surface area contributed by atoms with E-state index in [2.05, 4.69) is 4.98 Å². The van der Waals surface area contributed by atoms with Crippen LogP contribution in [0, 0.1) is 18.3 Å². The highest BCUT2D eigenvalue weighted by molar-refractivity contribution is 5.85. The molecule has 0 amide bonds. The number of rotatable bonds is 0. The third-order valence-corrected chi connectivity index (χ3v) is 4.06. The lowest BCUT2D eigenvalue weighted by atomic mass is 10.1. The molecule has 0 bridgehead atoms. The minimum absolute atomic E-state index is 0.179. The van der Waals surface area contributed by atoms with Crippen LogP contribution >= 0.6 is 0 Å². The van der Waals surface area contributed by atoms with Crippen molar-refractivity contribution in [3.05, 3.63) is 57.4 Å². The standard InChI is InChI=1S/C17H11N3O2/c1-9-4-15-16-11(8-20(15)17(22)13(9)7-18)5-10-6-12(21)2-3-14(10)19-16/h2-6,21H,8H2,1H3. The summed E-state index contributed by atoms with van der Waals surface area (Å²) in [5.74, 6) is 0.185. The summed E-state index contributed by atoms with van der Waals surface area (Å²) >= 11 is 0. The van der Waals surface area contributed by atoms with Gasteiger partial charge in [-0.3, -0.25) is 4.79 Å². The van der Waals surface area contributed by atoms with Gasteiger partial charge in [0.05, 0.1) is 23.4 Å². The fraction of sp³-hybridized carbons (Fsp3) is 0.118. The highest BCUT2D eigenvalue weighted by Crippen LogP contribution is 2.32. The number of aryl methyl sites for hydroxylation is 1. The van der Waals surface area contributed by atoms with E-state index in [1.165, 1.54) is 0 Å². The number of aromatic hydroxyl groups is 1. The van der Waals surface area contributed by atoms with E-state index in [4.69, 9.17) is 5.26 Å². The third kappa shape index (κ3) is 1.58. The number of phenols is 1. The van der Waals surface area contributed by atoms with Gasteiger partial charge in [-0.15, -0.1) is 0 Å². The van der Waals surface area contributed by atoms with Crippen molar-refractivity contribution in [1.29, 1.82) is 5.26 Å². The maximum absolute atomic E-state index is 12.4. The monoisotopic (exact) mass is 289 g/mol. The van der Waals surface area contributed by atoms with Crippen molar-refractivity contribution >= 4 is 10.9 Å². The number of fused-ring (bicyclic) bond motifs is 4. The molecule has 0 fully saturated rings. The van der Waals surface area contributed by atoms with Gasteiger partial charge in [-0.05, 0) is 42.8 Å². The second-order valence-corrected chi connectivity index (χ2v) is 5.46. The molecule has 0 saturated heterocycles. The van der Waals surface area contributed by atoms with E-state index in [-0.39, 0.29) is 16.9 Å². The van der Waals surface area contributed by atoms with Crippen LogP contribution in [-0.4, -0.2) is 14.7 Å². The summed E-state index contributed by atoms with van der Waals surface area (Å²) in [6.07, 6.45) is 0. The minimum atomic E-state index is -0.276. The summed E-state index contributed by atoms with van der Waals surface area (Å²) in [5.41, 5.74) is 3.76. The van der Waals surface area contributed by atoms with Gasteiger partial charge in [0.1, 0.15) is 17.4 Å². The lowest BCUT2D eigenvalue weighted by molar-refractivity contribution is 0.476. The molecule has 3 aromatic rings. The molecule has 0 atom stereocenters. The zero-order chi connectivity index (χ0) is 15.4. The van der Waals surface area contributed by atoms with Crippen LogP contribution in [-0.2, 0) is 6.54 Å². The Balaban J connectivity index is 2.05. The Bertz CT molecular complexity index is 1060. The topological polar surface area (TPSA) is 78.9 Å². The predicted octanol–water partition coefficient (Wildman–Crippen LogP) is 2.31. The van der Waals surface area contributed by atoms with Crippen LogP contribution in [0.25, 0.3) is 22.3 Å². The van der Waals surface area contributed by atoms with Crippen molar-refractivity contribution in [3.63, 3.8) is 0 Å². The Kier molecular flexibility index (Phi) is 2.40. The zero-order valence-corrected chi connectivity index (χ0v) is 11.8. The van der Waals surface area contributed by atoms with E-state index in [1.807, 2.05) is 18.2 Å². The normalized spacial score (nSPS) is 12.0. The van der Waals surface area contributed by atoms with E-state index >= 15 is 0 Å². The Morgan fingerprint density at radius 2 is 2.14 bits per heavy atom. The van der Waals surface area contributed by atoms with E-state index in [0.29, 0.717) is 12.1 Å². The van der Waals surface area contributed by atoms with Crippen molar-refractivity contribution in [2.75, 3.05) is 0 Å². The predicted molar refractivity (Wildman–Crippen MR) is 81.7 cm³/mol. The first-order valence-electron chi connectivity index (χ1n) is 6.86. The summed E-state index contributed by atoms with van der Waals surface area (Å²) in [6.45, 7) is 2.16. The average Bonchev–Trinajstić information content (AvgIpc) is 2.83. The van der Waals surface area contributed by atoms with Gasteiger partial charge in [0.25, 0.3) is 5.56 Å². The number of aromatic nitrogens is 2. The van der Waals surface area contributed by atoms with E-state index in [0.717, 1.165) is 27.9 Å². The number of hydrogen-bond acceptors (Lipinski definition) is 4. The molecule has 2 aromatic heterocycles. The smallest absolute Gasteiger partial charge is 0.269 e. The highest BCUT2D eigenvalue weighted by Gasteiger charge is 2.24. The molecule has 0 radical (unpaired) electrons. The average molecular weight is 289 g/mol. The summed E-state index contributed by atoms with van der Waals surface area (Å²) in [7, 11) is 0. The fourth-order valence-corrected chi connectivity index (χ4v) is 2.98. The molecule has 106 valence electrons. The molecular formula is C17H11N3O2. The number of nitriles is 1. The molecule has 0 spiro atoms. The van der Waals surface area contributed by atoms with Gasteiger partial charge in [-0.1, -0.05) is 0 Å². The van der Waals surface area contributed by atoms with Crippen LogP contribution in [0.5, 0.6) is 5.75 Å². The SMILES string of the molecule is Cc1cc2n(c(=O)c1C#N)Cc1cc3cc(O)ccc3nc1-2. The second-order valence-electron chi connectivity index (χ2n) is 5.46. The van der Waals surface area contributed by atoms with Crippen molar-refractivity contribution in [2.24, 2.45) is 0 Å². The number of nitrogens with zero attached hydrogens (tertiary/aromatic N) is 3. The lowest BCUT2D eigenvalue weighted by Gasteiger charge is -2.05. The first-order chi connectivity index (χ1) is 10.6. The van der Waals surface area contributed by atoms with Gasteiger partial charge < -0.3 is 9.67 Å². The summed E-state index contributed by atoms with van der Waals surface area (Å²) < 4.78 is 1.59. The van der Waals surface area contributed by atoms with Crippen LogP contribution in [0.15, 0.2) is 35.1 Å². The molecule has 1 aromatic carbocycles. The van der Waals surface area contributed by atoms with Gasteiger partial charge in [-0.2, -0.15) is 5.26 Å². The summed E-state index contributed by atoms with van der Waals surface area (Å²) in [6, 6.07) is 10.7. The van der Waals surface area contributed by atoms with Crippen LogP contribution in [0.4, 0.5) is 0 Å². The van der Waals surface area contributed by atoms with Crippen LogP contribution in [0.3, 0.4) is 0 Å². The fourth-order valence-electron chi connectivity index (χ4n) is 2.98. The van der Waals surface area contributed by atoms with Gasteiger partial charge in [-0.25, -0.2) is 4.98 Å². The summed E-state index contributed by atoms with van der Waals surface area (Å²) in [4.78, 5) is 17.0. The van der Waals surface area contributed by atoms with E-state index in [1.54, 1.807) is 29.7 Å². The Hall–Kier alpha value is -3.13. The van der Waals surface area contributed by atoms with Crippen molar-refractivity contribution in [2.45, 2.75) is 13.5 Å². The molecule has 0 unspecified atom stereocenters. The highest BCUT2D eigenvalue weighted by atomic mass is 16.3. The molecular weight excluding hydrogens is 278 g/mol. The Labute approximate surface area is 125 Å². The van der Waals surface area contributed by atoms with Gasteiger partial charge >= 0.3 is 0 Å². The lowest BCUT2D eigenvalue weighted by Crippen LogP contribution is -2.22. The summed E-state index contributed by atoms with van der Waals surface area (Å²) in [5, 5.41) is 19.5. The maximum atomic E-state index is 12.4. The van der Waals surface area contributed by atoms with Gasteiger partial charge in [0, 0.05) is 10.9 Å². The van der Waals surface area contributed by atoms with Crippen molar-refractivity contribution < 1.29 is 5.11 Å². The zero-order valence-electron chi connectivity index (χ0n) is 11.8. The number of benzene rings is 1. The second kappa shape index (κ2) is 4.18. The Morgan fingerprint density at radius 3 is 2.91 bits per heavy atom. The van der Waals surface area contributed by atoms with Crippen molar-refractivity contribution in [3.8, 4) is 23.2 Å². The largest absolute Gasteiger partial charge is 0.508 e. The molecule has 4 rings (SSSR count). The van der Waals surface area contributed by atoms with Crippen LogP contribution < -0.4 is 5.56 Å². The number of hydrogen-bond donors (Lipinski definition) is 1. The molecule has 0 saturated carbocycles. The maximum Gasteiger partial charge on any atom is 0.269 e. The van der Waals surface area contributed by atoms with Gasteiger partial charge in [0.15, 0.2) is 0 Å². The number of phenolic OH excluding ortho intramolecular Hbond substituents is 1. The van der Waals surface area contributed by atoms with E-state index < -0.39 is 0 Å². The minimum Gasteiger partial charge on any atom is -0.508 e. The molecule has 5 nitrogen and oxygen atoms in total. The van der Waals surface area contributed by atoms with E-state index in [9.17, 15) is 9.90 Å². The molecule has 1 aliphatic heterocycles. The molecule has 1 aliphatic rings. The quantitative estimate of drug-likeness (QED) is 0.539. The Morgan fingerprint density at radius 1 is 1.32 bits per heavy atom. The van der Waals surface area contributed by atoms with Gasteiger partial charge in [0.2, 0.25) is 0 Å².